The van der Waals surface area contributed by atoms with E-state index in [1.54, 1.807) is 18.3 Å². The predicted molar refractivity (Wildman–Crippen MR) is 104 cm³/mol. The lowest BCUT2D eigenvalue weighted by molar-refractivity contribution is 0.0675. The molecule has 0 saturated carbocycles. The maximum atomic E-state index is 13.4. The third kappa shape index (κ3) is 3.37. The van der Waals surface area contributed by atoms with E-state index in [9.17, 15) is 4.79 Å². The second-order valence-electron chi connectivity index (χ2n) is 6.87. The van der Waals surface area contributed by atoms with Gasteiger partial charge in [-0.1, -0.05) is 29.8 Å². The van der Waals surface area contributed by atoms with Crippen molar-refractivity contribution < 1.29 is 14.1 Å². The first-order valence-corrected chi connectivity index (χ1v) is 10.0. The van der Waals surface area contributed by atoms with E-state index in [1.165, 1.54) is 0 Å². The fraction of sp³-hybridized carbons (Fsp3) is 0.333. The first kappa shape index (κ1) is 17.8. The third-order valence-corrected chi connectivity index (χ3v) is 5.62. The first-order chi connectivity index (χ1) is 13.1. The van der Waals surface area contributed by atoms with Crippen molar-refractivity contribution in [1.29, 1.82) is 0 Å². The van der Waals surface area contributed by atoms with Gasteiger partial charge in [-0.15, -0.1) is 0 Å². The second kappa shape index (κ2) is 7.19. The van der Waals surface area contributed by atoms with Crippen molar-refractivity contribution in [3.8, 4) is 5.75 Å². The van der Waals surface area contributed by atoms with Gasteiger partial charge in [-0.2, -0.15) is 11.3 Å². The molecular weight excluding hydrogens is 360 g/mol. The molecule has 2 aromatic heterocycles. The maximum absolute atomic E-state index is 13.4. The van der Waals surface area contributed by atoms with Crippen LogP contribution < -0.4 is 4.74 Å². The normalized spacial score (nSPS) is 16.6. The van der Waals surface area contributed by atoms with E-state index in [-0.39, 0.29) is 12.0 Å². The molecule has 0 saturated heterocycles. The Morgan fingerprint density at radius 3 is 2.93 bits per heavy atom. The molecule has 0 fully saturated rings. The van der Waals surface area contributed by atoms with E-state index in [4.69, 9.17) is 9.26 Å². The number of rotatable bonds is 3. The smallest absolute Gasteiger partial charge is 0.259 e. The monoisotopic (exact) mass is 382 g/mol. The maximum Gasteiger partial charge on any atom is 0.259 e. The average molecular weight is 382 g/mol. The van der Waals surface area contributed by atoms with Crippen LogP contribution in [0.2, 0.25) is 0 Å². The number of benzene rings is 1. The summed E-state index contributed by atoms with van der Waals surface area (Å²) in [5.74, 6) is 1.35. The van der Waals surface area contributed by atoms with Crippen LogP contribution in [0.25, 0.3) is 0 Å². The highest BCUT2D eigenvalue weighted by atomic mass is 32.1. The summed E-state index contributed by atoms with van der Waals surface area (Å²) in [5, 5.41) is 8.16. The standard InChI is InChI=1S/C21H22N2O3S/c1-4-17-20(14(3)26-22-17)21(24)23-10-16-9-13(2)5-6-18(16)25-19(11-23)15-7-8-27-12-15/h5-9,12,19H,4,10-11H2,1-3H3. The summed E-state index contributed by atoms with van der Waals surface area (Å²) in [4.78, 5) is 15.3. The number of fused-ring (bicyclic) bond motifs is 1. The van der Waals surface area contributed by atoms with Gasteiger partial charge in [0.15, 0.2) is 0 Å². The summed E-state index contributed by atoms with van der Waals surface area (Å²) < 4.78 is 11.6. The Morgan fingerprint density at radius 2 is 2.19 bits per heavy atom. The number of carbonyl (C=O) groups excluding carboxylic acids is 1. The number of amides is 1. The Kier molecular flexibility index (Phi) is 4.74. The lowest BCUT2D eigenvalue weighted by Gasteiger charge is -2.24. The minimum absolute atomic E-state index is 0.0521. The molecule has 3 heterocycles. The van der Waals surface area contributed by atoms with Crippen LogP contribution >= 0.6 is 11.3 Å². The van der Waals surface area contributed by atoms with Crippen LogP contribution in [-0.4, -0.2) is 22.5 Å². The highest BCUT2D eigenvalue weighted by Gasteiger charge is 2.31. The molecule has 1 amide bonds. The van der Waals surface area contributed by atoms with Gasteiger partial charge in [0.1, 0.15) is 23.2 Å². The van der Waals surface area contributed by atoms with Gasteiger partial charge in [0.2, 0.25) is 0 Å². The molecule has 0 bridgehead atoms. The third-order valence-electron chi connectivity index (χ3n) is 4.92. The van der Waals surface area contributed by atoms with E-state index in [0.29, 0.717) is 36.5 Å². The Morgan fingerprint density at radius 1 is 1.33 bits per heavy atom. The fourth-order valence-electron chi connectivity index (χ4n) is 3.49. The van der Waals surface area contributed by atoms with Gasteiger partial charge in [0, 0.05) is 17.7 Å². The molecule has 5 nitrogen and oxygen atoms in total. The number of aromatic nitrogens is 1. The summed E-state index contributed by atoms with van der Waals surface area (Å²) in [7, 11) is 0. The summed E-state index contributed by atoms with van der Waals surface area (Å²) in [6, 6.07) is 8.19. The van der Waals surface area contributed by atoms with Gasteiger partial charge >= 0.3 is 0 Å². The van der Waals surface area contributed by atoms with Gasteiger partial charge in [0.25, 0.3) is 5.91 Å². The van der Waals surface area contributed by atoms with Crippen molar-refractivity contribution >= 4 is 17.2 Å². The van der Waals surface area contributed by atoms with Gasteiger partial charge in [-0.05, 0) is 43.2 Å². The number of ether oxygens (including phenoxy) is 1. The lowest BCUT2D eigenvalue weighted by Crippen LogP contribution is -2.34. The molecule has 0 radical (unpaired) electrons. The van der Waals surface area contributed by atoms with Crippen LogP contribution in [0.15, 0.2) is 39.5 Å². The molecule has 27 heavy (non-hydrogen) atoms. The van der Waals surface area contributed by atoms with E-state index in [2.05, 4.69) is 22.7 Å². The summed E-state index contributed by atoms with van der Waals surface area (Å²) in [6.45, 7) is 6.81. The molecule has 1 aromatic carbocycles. The second-order valence-corrected chi connectivity index (χ2v) is 7.65. The van der Waals surface area contributed by atoms with Crippen LogP contribution in [-0.2, 0) is 13.0 Å². The zero-order chi connectivity index (χ0) is 19.0. The van der Waals surface area contributed by atoms with Crippen molar-refractivity contribution in [1.82, 2.24) is 10.1 Å². The van der Waals surface area contributed by atoms with Crippen molar-refractivity contribution in [3.63, 3.8) is 0 Å². The van der Waals surface area contributed by atoms with E-state index >= 15 is 0 Å². The topological polar surface area (TPSA) is 55.6 Å². The molecule has 1 atom stereocenters. The summed E-state index contributed by atoms with van der Waals surface area (Å²) >= 11 is 1.63. The Balaban J connectivity index is 1.74. The minimum atomic E-state index is -0.200. The Labute approximate surface area is 162 Å². The zero-order valence-corrected chi connectivity index (χ0v) is 16.5. The number of hydrogen-bond acceptors (Lipinski definition) is 5. The molecular formula is C21H22N2O3S. The molecule has 1 unspecified atom stereocenters. The van der Waals surface area contributed by atoms with Gasteiger partial charge in [-0.3, -0.25) is 4.79 Å². The molecule has 1 aliphatic heterocycles. The number of nitrogens with zero attached hydrogens (tertiary/aromatic N) is 2. The highest BCUT2D eigenvalue weighted by Crippen LogP contribution is 2.33. The van der Waals surface area contributed by atoms with E-state index in [0.717, 1.165) is 22.4 Å². The number of aryl methyl sites for hydroxylation is 3. The number of hydrogen-bond donors (Lipinski definition) is 0. The average Bonchev–Trinajstić information content (AvgIpc) is 3.27. The van der Waals surface area contributed by atoms with Crippen molar-refractivity contribution in [2.24, 2.45) is 0 Å². The zero-order valence-electron chi connectivity index (χ0n) is 15.7. The molecule has 3 aromatic rings. The van der Waals surface area contributed by atoms with Gasteiger partial charge in [-0.25, -0.2) is 0 Å². The van der Waals surface area contributed by atoms with Crippen LogP contribution in [0.4, 0.5) is 0 Å². The molecule has 0 aliphatic carbocycles. The Bertz CT molecular complexity index is 962. The molecule has 0 N–H and O–H groups in total. The fourth-order valence-corrected chi connectivity index (χ4v) is 4.19. The van der Waals surface area contributed by atoms with Crippen molar-refractivity contribution in [3.05, 3.63) is 68.7 Å². The minimum Gasteiger partial charge on any atom is -0.483 e. The molecule has 0 spiro atoms. The van der Waals surface area contributed by atoms with E-state index < -0.39 is 0 Å². The molecule has 4 rings (SSSR count). The quantitative estimate of drug-likeness (QED) is 0.659. The van der Waals surface area contributed by atoms with Crippen molar-refractivity contribution in [2.45, 2.75) is 39.8 Å². The predicted octanol–water partition coefficient (Wildman–Crippen LogP) is 4.69. The van der Waals surface area contributed by atoms with E-state index in [1.807, 2.05) is 36.3 Å². The van der Waals surface area contributed by atoms with Crippen LogP contribution in [0.3, 0.4) is 0 Å². The van der Waals surface area contributed by atoms with Gasteiger partial charge < -0.3 is 14.2 Å². The molecule has 6 heteroatoms. The van der Waals surface area contributed by atoms with Crippen molar-refractivity contribution in [2.75, 3.05) is 6.54 Å². The van der Waals surface area contributed by atoms with Crippen LogP contribution in [0, 0.1) is 13.8 Å². The van der Waals surface area contributed by atoms with Crippen LogP contribution in [0.5, 0.6) is 5.75 Å². The largest absolute Gasteiger partial charge is 0.483 e. The van der Waals surface area contributed by atoms with Crippen LogP contribution in [0.1, 0.15) is 51.5 Å². The number of carbonyl (C=O) groups is 1. The molecule has 140 valence electrons. The molecule has 1 aliphatic rings. The Hall–Kier alpha value is -2.60. The summed E-state index contributed by atoms with van der Waals surface area (Å²) in [6.07, 6.45) is 0.460. The first-order valence-electron chi connectivity index (χ1n) is 9.09. The number of thiophene rings is 1. The van der Waals surface area contributed by atoms with Gasteiger partial charge in [0.05, 0.1) is 12.2 Å². The lowest BCUT2D eigenvalue weighted by atomic mass is 10.1. The summed E-state index contributed by atoms with van der Waals surface area (Å²) in [5.41, 5.74) is 4.54. The SMILES string of the molecule is CCc1noc(C)c1C(=O)N1Cc2cc(C)ccc2OC(c2ccsc2)C1. The highest BCUT2D eigenvalue weighted by molar-refractivity contribution is 7.07.